The molecule has 3 N–H and O–H groups in total. The van der Waals surface area contributed by atoms with Crippen LogP contribution in [0.4, 0.5) is 8.78 Å². The van der Waals surface area contributed by atoms with E-state index in [2.05, 4.69) is 5.32 Å². The van der Waals surface area contributed by atoms with Gasteiger partial charge in [-0.3, -0.25) is 4.79 Å². The number of nitrogens with two attached hydrogens (primary N) is 1. The van der Waals surface area contributed by atoms with E-state index in [1.807, 2.05) is 6.92 Å². The number of carbonyl (C=O) groups excluding carboxylic acids is 1. The highest BCUT2D eigenvalue weighted by atomic mass is 32.2. The highest BCUT2D eigenvalue weighted by Crippen LogP contribution is 2.25. The Kier molecular flexibility index (Phi) is 6.12. The molecular formula is C16H23F2N3O3S. The summed E-state index contributed by atoms with van der Waals surface area (Å²) >= 11 is 0. The summed E-state index contributed by atoms with van der Waals surface area (Å²) < 4.78 is 53.3. The third-order valence-electron chi connectivity index (χ3n) is 4.25. The van der Waals surface area contributed by atoms with Crippen molar-refractivity contribution in [3.8, 4) is 0 Å². The zero-order valence-corrected chi connectivity index (χ0v) is 14.9. The van der Waals surface area contributed by atoms with Crippen molar-refractivity contribution >= 4 is 15.9 Å². The SMILES string of the molecule is CC1CCCCN1S(=O)(=O)c1cccc(C(=O)NCC(F)(F)CN)c1. The van der Waals surface area contributed by atoms with Crippen LogP contribution >= 0.6 is 0 Å². The topological polar surface area (TPSA) is 92.5 Å². The van der Waals surface area contributed by atoms with Gasteiger partial charge in [0.1, 0.15) is 0 Å². The molecule has 1 atom stereocenters. The monoisotopic (exact) mass is 375 g/mol. The van der Waals surface area contributed by atoms with Crippen molar-refractivity contribution in [3.63, 3.8) is 0 Å². The average molecular weight is 375 g/mol. The maximum atomic E-state index is 13.1. The van der Waals surface area contributed by atoms with Crippen molar-refractivity contribution in [1.82, 2.24) is 9.62 Å². The fraction of sp³-hybridized carbons (Fsp3) is 0.562. The Morgan fingerprint density at radius 1 is 1.40 bits per heavy atom. The van der Waals surface area contributed by atoms with Crippen molar-refractivity contribution in [2.45, 2.75) is 43.0 Å². The van der Waals surface area contributed by atoms with Gasteiger partial charge in [-0.2, -0.15) is 4.31 Å². The number of piperidine rings is 1. The van der Waals surface area contributed by atoms with Crippen LogP contribution in [0.5, 0.6) is 0 Å². The van der Waals surface area contributed by atoms with Gasteiger partial charge in [0.2, 0.25) is 10.0 Å². The first-order chi connectivity index (χ1) is 11.7. The molecule has 1 aromatic carbocycles. The first-order valence-corrected chi connectivity index (χ1v) is 9.59. The van der Waals surface area contributed by atoms with Gasteiger partial charge >= 0.3 is 0 Å². The summed E-state index contributed by atoms with van der Waals surface area (Å²) in [5, 5.41) is 2.08. The Hall–Kier alpha value is -1.58. The van der Waals surface area contributed by atoms with E-state index in [9.17, 15) is 22.0 Å². The molecule has 1 fully saturated rings. The zero-order valence-electron chi connectivity index (χ0n) is 14.0. The molecule has 1 aliphatic heterocycles. The fourth-order valence-electron chi connectivity index (χ4n) is 2.75. The standard InChI is InChI=1S/C16H23F2N3O3S/c1-12-5-2-3-8-21(12)25(23,24)14-7-4-6-13(9-14)15(22)20-11-16(17,18)10-19/h4,6-7,9,12H,2-3,5,8,10-11,19H2,1H3,(H,20,22). The summed E-state index contributed by atoms with van der Waals surface area (Å²) in [6, 6.07) is 5.32. The molecule has 0 aliphatic carbocycles. The molecule has 140 valence electrons. The number of benzene rings is 1. The largest absolute Gasteiger partial charge is 0.346 e. The lowest BCUT2D eigenvalue weighted by molar-refractivity contribution is 0.0118. The Morgan fingerprint density at radius 3 is 2.76 bits per heavy atom. The number of alkyl halides is 2. The molecule has 0 spiro atoms. The van der Waals surface area contributed by atoms with E-state index in [1.54, 1.807) is 0 Å². The fourth-order valence-corrected chi connectivity index (χ4v) is 4.49. The molecule has 1 aliphatic rings. The molecule has 1 heterocycles. The van der Waals surface area contributed by atoms with Crippen molar-refractivity contribution in [2.75, 3.05) is 19.6 Å². The Bertz CT molecular complexity index is 725. The molecule has 6 nitrogen and oxygen atoms in total. The predicted molar refractivity (Wildman–Crippen MR) is 90.0 cm³/mol. The number of nitrogens with one attached hydrogen (secondary N) is 1. The molecule has 0 bridgehead atoms. The van der Waals surface area contributed by atoms with Crippen molar-refractivity contribution in [2.24, 2.45) is 5.73 Å². The lowest BCUT2D eigenvalue weighted by Crippen LogP contribution is -2.42. The van der Waals surface area contributed by atoms with Crippen LogP contribution in [0, 0.1) is 0 Å². The van der Waals surface area contributed by atoms with E-state index >= 15 is 0 Å². The molecule has 9 heteroatoms. The van der Waals surface area contributed by atoms with Crippen LogP contribution in [0.1, 0.15) is 36.5 Å². The number of nitrogens with zero attached hydrogens (tertiary/aromatic N) is 1. The molecule has 1 saturated heterocycles. The van der Waals surface area contributed by atoms with Gasteiger partial charge in [-0.15, -0.1) is 0 Å². The maximum Gasteiger partial charge on any atom is 0.277 e. The van der Waals surface area contributed by atoms with Gasteiger partial charge in [0, 0.05) is 18.2 Å². The summed E-state index contributed by atoms with van der Waals surface area (Å²) in [4.78, 5) is 12.0. The van der Waals surface area contributed by atoms with Crippen molar-refractivity contribution in [3.05, 3.63) is 29.8 Å². The second-order valence-electron chi connectivity index (χ2n) is 6.23. The molecule has 1 aromatic rings. The summed E-state index contributed by atoms with van der Waals surface area (Å²) in [6.45, 7) is 0.502. The van der Waals surface area contributed by atoms with E-state index in [-0.39, 0.29) is 16.5 Å². The van der Waals surface area contributed by atoms with E-state index < -0.39 is 34.9 Å². The quantitative estimate of drug-likeness (QED) is 0.789. The van der Waals surface area contributed by atoms with E-state index in [1.165, 1.54) is 28.6 Å². The van der Waals surface area contributed by atoms with Crippen LogP contribution in [0.15, 0.2) is 29.2 Å². The normalized spacial score (nSPS) is 19.6. The molecule has 1 amide bonds. The van der Waals surface area contributed by atoms with E-state index in [4.69, 9.17) is 5.73 Å². The van der Waals surface area contributed by atoms with Crippen LogP contribution in [-0.4, -0.2) is 50.2 Å². The summed E-state index contributed by atoms with van der Waals surface area (Å²) in [7, 11) is -3.73. The molecule has 0 aromatic heterocycles. The van der Waals surface area contributed by atoms with Crippen LogP contribution in [0.3, 0.4) is 0 Å². The number of sulfonamides is 1. The van der Waals surface area contributed by atoms with Gasteiger partial charge in [-0.1, -0.05) is 12.5 Å². The van der Waals surface area contributed by atoms with Gasteiger partial charge in [-0.05, 0) is 38.0 Å². The molecule has 25 heavy (non-hydrogen) atoms. The minimum absolute atomic E-state index is 0.0126. The number of rotatable bonds is 6. The first-order valence-electron chi connectivity index (χ1n) is 8.15. The Labute approximate surface area is 146 Å². The highest BCUT2D eigenvalue weighted by Gasteiger charge is 2.31. The van der Waals surface area contributed by atoms with Crippen LogP contribution in [0.25, 0.3) is 0 Å². The highest BCUT2D eigenvalue weighted by molar-refractivity contribution is 7.89. The van der Waals surface area contributed by atoms with Gasteiger partial charge < -0.3 is 11.1 Å². The third-order valence-corrected chi connectivity index (χ3v) is 6.26. The predicted octanol–water partition coefficient (Wildman–Crippen LogP) is 1.57. The number of hydrogen-bond donors (Lipinski definition) is 2. The number of amides is 1. The van der Waals surface area contributed by atoms with Gasteiger partial charge in [0.25, 0.3) is 11.8 Å². The number of hydrogen-bond acceptors (Lipinski definition) is 4. The van der Waals surface area contributed by atoms with E-state index in [0.29, 0.717) is 6.54 Å². The Morgan fingerprint density at radius 2 is 2.12 bits per heavy atom. The van der Waals surface area contributed by atoms with Crippen LogP contribution in [0.2, 0.25) is 0 Å². The lowest BCUT2D eigenvalue weighted by Gasteiger charge is -2.32. The van der Waals surface area contributed by atoms with Gasteiger partial charge in [0.05, 0.1) is 18.0 Å². The minimum atomic E-state index is -3.73. The molecule has 1 unspecified atom stereocenters. The maximum absolute atomic E-state index is 13.1. The zero-order chi connectivity index (χ0) is 18.7. The van der Waals surface area contributed by atoms with Gasteiger partial charge in [-0.25, -0.2) is 17.2 Å². The summed E-state index contributed by atoms with van der Waals surface area (Å²) in [5.41, 5.74) is 4.93. The van der Waals surface area contributed by atoms with Crippen molar-refractivity contribution in [1.29, 1.82) is 0 Å². The van der Waals surface area contributed by atoms with Crippen molar-refractivity contribution < 1.29 is 22.0 Å². The smallest absolute Gasteiger partial charge is 0.277 e. The van der Waals surface area contributed by atoms with Crippen LogP contribution < -0.4 is 11.1 Å². The number of halogens is 2. The average Bonchev–Trinajstić information content (AvgIpc) is 2.60. The minimum Gasteiger partial charge on any atom is -0.346 e. The molecule has 0 saturated carbocycles. The Balaban J connectivity index is 2.19. The number of carbonyl (C=O) groups is 1. The summed E-state index contributed by atoms with van der Waals surface area (Å²) in [6.07, 6.45) is 2.55. The van der Waals surface area contributed by atoms with Crippen LogP contribution in [-0.2, 0) is 10.0 Å². The third kappa shape index (κ3) is 4.74. The first kappa shape index (κ1) is 19.7. The molecular weight excluding hydrogens is 352 g/mol. The second kappa shape index (κ2) is 7.76. The second-order valence-corrected chi connectivity index (χ2v) is 8.12. The van der Waals surface area contributed by atoms with Gasteiger partial charge in [0.15, 0.2) is 0 Å². The van der Waals surface area contributed by atoms with E-state index in [0.717, 1.165) is 19.3 Å². The lowest BCUT2D eigenvalue weighted by atomic mass is 10.1. The summed E-state index contributed by atoms with van der Waals surface area (Å²) in [5.74, 6) is -3.97. The molecule has 0 radical (unpaired) electrons. The molecule has 2 rings (SSSR count).